The highest BCUT2D eigenvalue weighted by atomic mass is 31.1. The number of rotatable bonds is 18. The first kappa shape index (κ1) is 38.1. The first-order chi connectivity index (χ1) is 18.5. The van der Waals surface area contributed by atoms with Crippen LogP contribution in [0.25, 0.3) is 0 Å². The van der Waals surface area contributed by atoms with Crippen LogP contribution in [0.3, 0.4) is 0 Å². The number of alkyl halides is 1. The zero-order valence-electron chi connectivity index (χ0n) is 25.8. The van der Waals surface area contributed by atoms with E-state index in [0.29, 0.717) is 5.92 Å². The Bertz CT molecular complexity index is 501. The van der Waals surface area contributed by atoms with Crippen molar-refractivity contribution < 1.29 is 18.7 Å². The van der Waals surface area contributed by atoms with Gasteiger partial charge < -0.3 is 9.79 Å². The number of hydrogen-bond acceptors (Lipinski definition) is 1. The van der Waals surface area contributed by atoms with Gasteiger partial charge in [0.1, 0.15) is 5.67 Å². The molecule has 2 atom stereocenters. The molecule has 2 unspecified atom stereocenters. The molecule has 1 aliphatic carbocycles. The van der Waals surface area contributed by atoms with E-state index in [4.69, 9.17) is 14.4 Å². The Balaban J connectivity index is 0.00000318. The average Bonchev–Trinajstić information content (AvgIpc) is 2.90. The Morgan fingerprint density at radius 1 is 0.605 bits per heavy atom. The lowest BCUT2D eigenvalue weighted by atomic mass is 9.75. The Morgan fingerprint density at radius 2 is 0.974 bits per heavy atom. The summed E-state index contributed by atoms with van der Waals surface area (Å²) >= 11 is 0. The van der Waals surface area contributed by atoms with Gasteiger partial charge in [0.2, 0.25) is 0 Å². The van der Waals surface area contributed by atoms with Crippen molar-refractivity contribution in [2.24, 2.45) is 5.92 Å². The van der Waals surface area contributed by atoms with Gasteiger partial charge in [0.25, 0.3) is 0 Å². The summed E-state index contributed by atoms with van der Waals surface area (Å²) in [4.78, 5) is 14.3. The Morgan fingerprint density at radius 3 is 1.45 bits per heavy atom. The third-order valence-electron chi connectivity index (χ3n) is 8.73. The molecular formula is C33H68FO3P. The molecule has 0 amide bonds. The smallest absolute Gasteiger partial charge is 0.314 e. The van der Waals surface area contributed by atoms with Gasteiger partial charge in [-0.3, -0.25) is 4.57 Å². The fourth-order valence-corrected chi connectivity index (χ4v) is 6.32. The van der Waals surface area contributed by atoms with Gasteiger partial charge in [0.15, 0.2) is 0 Å². The third-order valence-corrected chi connectivity index (χ3v) is 8.73. The molecule has 2 N–H and O–H groups in total. The number of hydrogen-bond donors (Lipinski definition) is 2. The number of halogens is 1. The van der Waals surface area contributed by atoms with Crippen molar-refractivity contribution in [1.29, 1.82) is 0 Å². The van der Waals surface area contributed by atoms with Crippen LogP contribution in [0.2, 0.25) is 0 Å². The van der Waals surface area contributed by atoms with Gasteiger partial charge in [0.05, 0.1) is 0 Å². The molecule has 38 heavy (non-hydrogen) atoms. The first-order valence-corrected chi connectivity index (χ1v) is 18.4. The quantitative estimate of drug-likeness (QED) is 0.129. The van der Waals surface area contributed by atoms with Crippen LogP contribution in [-0.4, -0.2) is 15.5 Å². The molecule has 1 rings (SSSR count). The molecule has 0 aromatic heterocycles. The molecule has 1 saturated carbocycles. The summed E-state index contributed by atoms with van der Waals surface area (Å²) in [5.41, 5.74) is -0.875. The summed E-state index contributed by atoms with van der Waals surface area (Å²) in [6.45, 7) is 4.57. The van der Waals surface area contributed by atoms with Gasteiger partial charge in [-0.1, -0.05) is 174 Å². The lowest BCUT2D eigenvalue weighted by Gasteiger charge is -2.35. The summed E-state index contributed by atoms with van der Waals surface area (Å²) in [6, 6.07) is 0. The molecule has 0 heterocycles. The predicted octanol–water partition coefficient (Wildman–Crippen LogP) is 12.0. The molecule has 0 aromatic rings. The fourth-order valence-electron chi connectivity index (χ4n) is 6.32. The van der Waals surface area contributed by atoms with E-state index >= 15 is 4.39 Å². The topological polar surface area (TPSA) is 57.5 Å². The molecule has 1 fully saturated rings. The second-order valence-electron chi connectivity index (χ2n) is 12.2. The highest BCUT2D eigenvalue weighted by Crippen LogP contribution is 2.40. The van der Waals surface area contributed by atoms with Crippen LogP contribution < -0.4 is 0 Å². The molecule has 1 aliphatic rings. The van der Waals surface area contributed by atoms with E-state index in [1.165, 1.54) is 148 Å². The summed E-state index contributed by atoms with van der Waals surface area (Å²) in [5, 5.41) is 0. The highest BCUT2D eigenvalue weighted by molar-refractivity contribution is 7.30. The van der Waals surface area contributed by atoms with E-state index in [1.54, 1.807) is 0 Å². The lowest BCUT2D eigenvalue weighted by Crippen LogP contribution is -2.33. The normalized spacial score (nSPS) is 21.7. The minimum Gasteiger partial charge on any atom is -0.326 e. The van der Waals surface area contributed by atoms with Crippen molar-refractivity contribution in [3.05, 3.63) is 0 Å². The van der Waals surface area contributed by atoms with Crippen LogP contribution in [0.1, 0.15) is 200 Å². The average molecular weight is 563 g/mol. The second-order valence-corrected chi connectivity index (χ2v) is 12.8. The molecule has 3 nitrogen and oxygen atoms in total. The zero-order chi connectivity index (χ0) is 28.2. The van der Waals surface area contributed by atoms with Gasteiger partial charge in [-0.15, -0.1) is 0 Å². The van der Waals surface area contributed by atoms with Crippen molar-refractivity contribution in [3.63, 3.8) is 0 Å². The summed E-state index contributed by atoms with van der Waals surface area (Å²) < 4.78 is 25.3. The van der Waals surface area contributed by atoms with Crippen LogP contribution >= 0.6 is 8.25 Å². The Hall–Kier alpha value is 0.0800. The van der Waals surface area contributed by atoms with Crippen LogP contribution in [0, 0.1) is 5.92 Å². The maximum absolute atomic E-state index is 16.6. The van der Waals surface area contributed by atoms with Gasteiger partial charge in [-0.05, 0) is 31.6 Å². The van der Waals surface area contributed by atoms with Crippen LogP contribution in [0.15, 0.2) is 0 Å². The molecule has 0 saturated heterocycles. The molecule has 0 aliphatic heterocycles. The standard InChI is InChI=1S/C33H65F.H3O3P/c1-3-5-7-8-9-10-11-12-13-16-19-22-26-30-33(34)31-27-23-20-17-14-15-18-21-25-29-32(33)28-24-6-4-2;1-4(2)3/h32H,3-31H2,1-2H3;4H,(H2,1,2,3). The number of unbranched alkanes of at least 4 members (excludes halogenated alkanes) is 14. The monoisotopic (exact) mass is 562 g/mol. The lowest BCUT2D eigenvalue weighted by molar-refractivity contribution is 0.0410. The summed E-state index contributed by atoms with van der Waals surface area (Å²) in [6.07, 6.45) is 37.5. The predicted molar refractivity (Wildman–Crippen MR) is 166 cm³/mol. The molecule has 230 valence electrons. The SMILES string of the molecule is CCCCCCCCCCCCCCCC1(F)CCCCCCCCCCCC1CCCCC.O=[PH](O)O. The second kappa shape index (κ2) is 28.6. The van der Waals surface area contributed by atoms with Crippen molar-refractivity contribution in [1.82, 2.24) is 0 Å². The largest absolute Gasteiger partial charge is 0.326 e. The van der Waals surface area contributed by atoms with Crippen molar-refractivity contribution >= 4 is 8.25 Å². The van der Waals surface area contributed by atoms with Crippen LogP contribution in [-0.2, 0) is 4.57 Å². The molecular weight excluding hydrogens is 494 g/mol. The molecule has 0 spiro atoms. The van der Waals surface area contributed by atoms with Gasteiger partial charge in [-0.25, -0.2) is 4.39 Å². The molecule has 0 aromatic carbocycles. The minimum atomic E-state index is -3.13. The van der Waals surface area contributed by atoms with Crippen molar-refractivity contribution in [3.8, 4) is 0 Å². The van der Waals surface area contributed by atoms with E-state index in [9.17, 15) is 0 Å². The highest BCUT2D eigenvalue weighted by Gasteiger charge is 2.37. The minimum absolute atomic E-state index is 0.331. The Labute approximate surface area is 238 Å². The van der Waals surface area contributed by atoms with Gasteiger partial charge in [-0.2, -0.15) is 0 Å². The maximum atomic E-state index is 16.6. The zero-order valence-corrected chi connectivity index (χ0v) is 26.8. The summed E-state index contributed by atoms with van der Waals surface area (Å²) in [7, 11) is -3.13. The van der Waals surface area contributed by atoms with E-state index in [0.717, 1.165) is 38.5 Å². The van der Waals surface area contributed by atoms with E-state index in [2.05, 4.69) is 13.8 Å². The Kier molecular flexibility index (Phi) is 28.7. The van der Waals surface area contributed by atoms with Crippen LogP contribution in [0.5, 0.6) is 0 Å². The van der Waals surface area contributed by atoms with Gasteiger partial charge >= 0.3 is 8.25 Å². The van der Waals surface area contributed by atoms with Gasteiger partial charge in [0, 0.05) is 0 Å². The molecule has 0 bridgehead atoms. The van der Waals surface area contributed by atoms with E-state index < -0.39 is 13.9 Å². The van der Waals surface area contributed by atoms with Crippen molar-refractivity contribution in [2.75, 3.05) is 0 Å². The third kappa shape index (κ3) is 25.1. The van der Waals surface area contributed by atoms with E-state index in [1.807, 2.05) is 0 Å². The first-order valence-electron chi connectivity index (χ1n) is 17.1. The molecule has 0 radical (unpaired) electrons. The summed E-state index contributed by atoms with van der Waals surface area (Å²) in [5.74, 6) is 0.331. The van der Waals surface area contributed by atoms with E-state index in [-0.39, 0.29) is 0 Å². The fraction of sp³-hybridized carbons (Fsp3) is 1.00. The van der Waals surface area contributed by atoms with Crippen molar-refractivity contribution in [2.45, 2.75) is 206 Å². The van der Waals surface area contributed by atoms with Crippen LogP contribution in [0.4, 0.5) is 4.39 Å². The maximum Gasteiger partial charge on any atom is 0.314 e. The molecule has 5 heteroatoms.